The van der Waals surface area contributed by atoms with Crippen LogP contribution in [-0.4, -0.2) is 28.9 Å². The van der Waals surface area contributed by atoms with Crippen LogP contribution in [0.25, 0.3) is 0 Å². The van der Waals surface area contributed by atoms with Gasteiger partial charge in [-0.2, -0.15) is 4.63 Å². The summed E-state index contributed by atoms with van der Waals surface area (Å²) in [6.07, 6.45) is 0. The van der Waals surface area contributed by atoms with Gasteiger partial charge in [0.1, 0.15) is 0 Å². The predicted molar refractivity (Wildman–Crippen MR) is 23.2 cm³/mol. The highest BCUT2D eigenvalue weighted by molar-refractivity contribution is 6.48. The molecular weight excluding hydrogens is 141 g/mol. The van der Waals surface area contributed by atoms with Gasteiger partial charge in [-0.15, -0.1) is 0 Å². The molecule has 0 fully saturated rings. The maximum Gasteiger partial charge on any atom is 0.703 e. The largest absolute Gasteiger partial charge is 0.703 e. The average Bonchev–Trinajstić information content (AvgIpc) is 1.35. The fraction of sp³-hybridized carbons (Fsp3) is 0. The van der Waals surface area contributed by atoms with Crippen LogP contribution in [0.3, 0.4) is 0 Å². The van der Waals surface area contributed by atoms with E-state index in [4.69, 9.17) is 14.4 Å². The van der Waals surface area contributed by atoms with Crippen LogP contribution >= 0.6 is 0 Å². The van der Waals surface area contributed by atoms with Gasteiger partial charge in [-0.1, -0.05) is 4.53 Å². The third kappa shape index (κ3) is 16.8. The minimum absolute atomic E-state index is 0. The van der Waals surface area contributed by atoms with Crippen molar-refractivity contribution in [3.05, 3.63) is 0 Å². The molecule has 0 rings (SSSR count). The summed E-state index contributed by atoms with van der Waals surface area (Å²) in [7, 11) is -4.80. The Morgan fingerprint density at radius 1 is 1.25 bits per heavy atom. The topological polar surface area (TPSA) is 136 Å². The minimum Gasteiger partial charge on any atom is -0.412 e. The third-order valence-corrected chi connectivity index (χ3v) is 0.311. The van der Waals surface area contributed by atoms with Gasteiger partial charge in [0.25, 0.3) is 0 Å². The second kappa shape index (κ2) is 5.05. The van der Waals surface area contributed by atoms with Gasteiger partial charge in [-0.25, -0.2) is 0 Å². The molecule has 0 saturated heterocycles. The zero-order chi connectivity index (χ0) is 5.21. The molecule has 0 aromatic heterocycles. The summed E-state index contributed by atoms with van der Waals surface area (Å²) in [6, 6.07) is 0. The molecule has 0 aromatic carbocycles. The molecule has 0 heterocycles. The Morgan fingerprint density at radius 3 is 1.38 bits per heavy atom. The Labute approximate surface area is 45.4 Å². The number of hydrogen-bond acceptors (Lipinski definition) is 5. The fourth-order valence-corrected chi connectivity index (χ4v) is 0. The molecule has 54 valence electrons. The van der Waals surface area contributed by atoms with E-state index in [1.54, 1.807) is 0 Å². The lowest BCUT2D eigenvalue weighted by Crippen LogP contribution is -2.35. The molecular formula is H8FNO5Si. The zero-order valence-electron chi connectivity index (χ0n) is 3.83. The summed E-state index contributed by atoms with van der Waals surface area (Å²) in [4.78, 5) is 22.4. The Hall–Kier alpha value is -0.0931. The molecule has 0 amide bonds. The first-order valence-electron chi connectivity index (χ1n) is 1.03. The van der Waals surface area contributed by atoms with Crippen molar-refractivity contribution < 1.29 is 29.0 Å². The SMILES string of the molecule is N.O.O[Si](O)(O)OF. The Balaban J connectivity index is -0.000000125. The van der Waals surface area contributed by atoms with Crippen LogP contribution in [0.5, 0.6) is 0 Å². The van der Waals surface area contributed by atoms with E-state index in [-0.39, 0.29) is 11.6 Å². The van der Waals surface area contributed by atoms with E-state index in [1.165, 1.54) is 0 Å². The van der Waals surface area contributed by atoms with Crippen LogP contribution in [0.1, 0.15) is 0 Å². The molecule has 6 nitrogen and oxygen atoms in total. The highest BCUT2D eigenvalue weighted by Crippen LogP contribution is 1.85. The first kappa shape index (κ1) is 15.7. The Kier molecular flexibility index (Phi) is 9.89. The average molecular weight is 149 g/mol. The van der Waals surface area contributed by atoms with Gasteiger partial charge in [0.15, 0.2) is 0 Å². The van der Waals surface area contributed by atoms with E-state index in [0.717, 1.165) is 0 Å². The lowest BCUT2D eigenvalue weighted by atomic mass is 14.0. The van der Waals surface area contributed by atoms with Gasteiger partial charge >= 0.3 is 9.05 Å². The van der Waals surface area contributed by atoms with Gasteiger partial charge < -0.3 is 26.0 Å². The van der Waals surface area contributed by atoms with Crippen molar-refractivity contribution in [3.63, 3.8) is 0 Å². The molecule has 8 N–H and O–H groups in total. The van der Waals surface area contributed by atoms with E-state index >= 15 is 0 Å². The molecule has 0 radical (unpaired) electrons. The maximum atomic E-state index is 10.3. The highest BCUT2D eigenvalue weighted by Gasteiger charge is 2.31. The first-order chi connectivity index (χ1) is 2.56. The quantitative estimate of drug-likeness (QED) is 0.309. The summed E-state index contributed by atoms with van der Waals surface area (Å²) >= 11 is 0. The minimum atomic E-state index is -4.80. The van der Waals surface area contributed by atoms with E-state index < -0.39 is 9.05 Å². The molecule has 0 spiro atoms. The zero-order valence-corrected chi connectivity index (χ0v) is 4.83. The van der Waals surface area contributed by atoms with Gasteiger partial charge in [-0.05, 0) is 0 Å². The van der Waals surface area contributed by atoms with E-state index in [9.17, 15) is 4.53 Å². The van der Waals surface area contributed by atoms with Crippen molar-refractivity contribution in [1.29, 1.82) is 0 Å². The molecule has 0 unspecified atom stereocenters. The summed E-state index contributed by atoms with van der Waals surface area (Å²) in [5, 5.41) is 0. The van der Waals surface area contributed by atoms with Crippen molar-refractivity contribution in [2.45, 2.75) is 0 Å². The summed E-state index contributed by atoms with van der Waals surface area (Å²) in [5.41, 5.74) is 0. The maximum absolute atomic E-state index is 10.3. The van der Waals surface area contributed by atoms with Crippen LogP contribution < -0.4 is 6.15 Å². The second-order valence-corrected chi connectivity index (χ2v) is 1.95. The molecule has 8 heteroatoms. The monoisotopic (exact) mass is 149 g/mol. The lowest BCUT2D eigenvalue weighted by Gasteiger charge is -1.96. The smallest absolute Gasteiger partial charge is 0.412 e. The number of rotatable bonds is 1. The van der Waals surface area contributed by atoms with E-state index in [0.29, 0.717) is 0 Å². The molecule has 0 aliphatic heterocycles. The number of halogens is 1. The Morgan fingerprint density at radius 2 is 1.38 bits per heavy atom. The predicted octanol–water partition coefficient (Wildman–Crippen LogP) is -2.36. The molecule has 8 heavy (non-hydrogen) atoms. The summed E-state index contributed by atoms with van der Waals surface area (Å²) in [6.45, 7) is 0. The first-order valence-corrected chi connectivity index (χ1v) is 2.78. The normalized spacial score (nSPS) is 9.00. The van der Waals surface area contributed by atoms with Crippen molar-refractivity contribution in [2.75, 3.05) is 0 Å². The van der Waals surface area contributed by atoms with Crippen LogP contribution in [-0.2, 0) is 4.63 Å². The summed E-state index contributed by atoms with van der Waals surface area (Å²) in [5.74, 6) is 0. The molecule has 0 aliphatic carbocycles. The molecule has 0 atom stereocenters. The van der Waals surface area contributed by atoms with Gasteiger partial charge in [-0.3, -0.25) is 0 Å². The Bertz CT molecular complexity index is 42.2. The van der Waals surface area contributed by atoms with Gasteiger partial charge in [0.2, 0.25) is 0 Å². The van der Waals surface area contributed by atoms with Crippen LogP contribution in [0.4, 0.5) is 4.53 Å². The van der Waals surface area contributed by atoms with Crippen molar-refractivity contribution in [1.82, 2.24) is 6.15 Å². The molecule has 0 saturated carbocycles. The van der Waals surface area contributed by atoms with Crippen molar-refractivity contribution in [2.24, 2.45) is 0 Å². The molecule has 0 aliphatic rings. The standard InChI is InChI=1S/FH3O4Si.H3N.H2O/c1-5-6(2,3)4;;/h2-4H;1H3;1H2. The van der Waals surface area contributed by atoms with Gasteiger partial charge in [0.05, 0.1) is 0 Å². The van der Waals surface area contributed by atoms with Crippen LogP contribution in [0, 0.1) is 0 Å². The van der Waals surface area contributed by atoms with Crippen molar-refractivity contribution in [3.8, 4) is 0 Å². The molecule has 0 bridgehead atoms. The van der Waals surface area contributed by atoms with Gasteiger partial charge in [0, 0.05) is 0 Å². The molecule has 0 aromatic rings. The number of hydrogen-bond donors (Lipinski definition) is 4. The van der Waals surface area contributed by atoms with Crippen molar-refractivity contribution >= 4 is 9.05 Å². The van der Waals surface area contributed by atoms with E-state index in [2.05, 4.69) is 4.63 Å². The lowest BCUT2D eigenvalue weighted by molar-refractivity contribution is -0.111. The second-order valence-electron chi connectivity index (χ2n) is 0.651. The third-order valence-electron chi connectivity index (χ3n) is 0.104. The van der Waals surface area contributed by atoms with Crippen LogP contribution in [0.2, 0.25) is 0 Å². The van der Waals surface area contributed by atoms with Crippen LogP contribution in [0.15, 0.2) is 0 Å². The fourth-order valence-electron chi connectivity index (χ4n) is 0. The highest BCUT2D eigenvalue weighted by atomic mass is 28.4. The summed E-state index contributed by atoms with van der Waals surface area (Å²) < 4.78 is 12.6. The van der Waals surface area contributed by atoms with E-state index in [1.807, 2.05) is 0 Å².